The Balaban J connectivity index is 1.87. The number of piperidine rings is 1. The number of likely N-dealkylation sites (tertiary alicyclic amines) is 1. The summed E-state index contributed by atoms with van der Waals surface area (Å²) >= 11 is 0. The van der Waals surface area contributed by atoms with Gasteiger partial charge in [-0.05, 0) is 24.5 Å². The first kappa shape index (κ1) is 15.1. The fourth-order valence-corrected chi connectivity index (χ4v) is 2.32. The maximum Gasteiger partial charge on any atom is 0.317 e. The van der Waals surface area contributed by atoms with Crippen LogP contribution < -0.4 is 10.1 Å². The molecule has 2 rings (SSSR count). The quantitative estimate of drug-likeness (QED) is 0.867. The summed E-state index contributed by atoms with van der Waals surface area (Å²) in [4.78, 5) is 28.6. The van der Waals surface area contributed by atoms with Crippen LogP contribution in [-0.4, -0.2) is 47.2 Å². The molecule has 7 heteroatoms. The molecule has 1 aromatic heterocycles. The third kappa shape index (κ3) is 4.08. The molecule has 1 aliphatic heterocycles. The van der Waals surface area contributed by atoms with Crippen LogP contribution in [0.4, 0.5) is 4.79 Å². The minimum atomic E-state index is -0.841. The average molecular weight is 293 g/mol. The molecule has 1 atom stereocenters. The predicted octanol–water partition coefficient (Wildman–Crippen LogP) is 1.10. The number of urea groups is 1. The van der Waals surface area contributed by atoms with Crippen molar-refractivity contribution in [2.24, 2.45) is 5.92 Å². The van der Waals surface area contributed by atoms with Gasteiger partial charge in [0.2, 0.25) is 5.88 Å². The molecule has 1 aliphatic rings. The number of hydrogen-bond donors (Lipinski definition) is 2. The second-order valence-electron chi connectivity index (χ2n) is 4.99. The molecule has 0 aromatic carbocycles. The van der Waals surface area contributed by atoms with Gasteiger partial charge in [0.25, 0.3) is 0 Å². The zero-order chi connectivity index (χ0) is 15.2. The van der Waals surface area contributed by atoms with Crippen molar-refractivity contribution in [3.8, 4) is 5.88 Å². The smallest absolute Gasteiger partial charge is 0.317 e. The Labute approximate surface area is 122 Å². The molecular formula is C14H19N3O4. The summed E-state index contributed by atoms with van der Waals surface area (Å²) in [5, 5.41) is 11.8. The maximum absolute atomic E-state index is 12.1. The number of aliphatic carboxylic acids is 1. The number of rotatable bonds is 4. The number of nitrogens with one attached hydrogen (secondary N) is 1. The number of hydrogen-bond acceptors (Lipinski definition) is 4. The van der Waals surface area contributed by atoms with Gasteiger partial charge in [-0.2, -0.15) is 0 Å². The molecule has 2 amide bonds. The molecule has 2 N–H and O–H groups in total. The van der Waals surface area contributed by atoms with Crippen LogP contribution in [0, 0.1) is 5.92 Å². The lowest BCUT2D eigenvalue weighted by atomic mass is 9.99. The van der Waals surface area contributed by atoms with E-state index in [9.17, 15) is 9.59 Å². The summed E-state index contributed by atoms with van der Waals surface area (Å²) in [7, 11) is 1.53. The molecule has 0 spiro atoms. The normalized spacial score (nSPS) is 18.1. The zero-order valence-corrected chi connectivity index (χ0v) is 11.9. The van der Waals surface area contributed by atoms with E-state index in [1.165, 1.54) is 7.11 Å². The minimum Gasteiger partial charge on any atom is -0.481 e. The first-order valence-corrected chi connectivity index (χ1v) is 6.84. The van der Waals surface area contributed by atoms with Gasteiger partial charge in [0.05, 0.1) is 13.0 Å². The summed E-state index contributed by atoms with van der Waals surface area (Å²) in [6.07, 6.45) is 2.95. The van der Waals surface area contributed by atoms with E-state index in [4.69, 9.17) is 9.84 Å². The summed E-state index contributed by atoms with van der Waals surface area (Å²) in [6, 6.07) is 3.30. The highest BCUT2D eigenvalue weighted by Crippen LogP contribution is 2.16. The number of nitrogens with zero attached hydrogens (tertiary/aromatic N) is 2. The van der Waals surface area contributed by atoms with E-state index in [0.717, 1.165) is 5.56 Å². The highest BCUT2D eigenvalue weighted by molar-refractivity contribution is 5.76. The van der Waals surface area contributed by atoms with Gasteiger partial charge < -0.3 is 20.1 Å². The van der Waals surface area contributed by atoms with E-state index in [1.54, 1.807) is 23.2 Å². The fraction of sp³-hybridized carbons (Fsp3) is 0.500. The van der Waals surface area contributed by atoms with E-state index >= 15 is 0 Å². The number of amides is 2. The summed E-state index contributed by atoms with van der Waals surface area (Å²) in [6.45, 7) is 1.21. The third-order valence-corrected chi connectivity index (χ3v) is 3.51. The molecule has 1 fully saturated rings. The first-order chi connectivity index (χ1) is 10.1. The lowest BCUT2D eigenvalue weighted by molar-refractivity contribution is -0.143. The maximum atomic E-state index is 12.1. The van der Waals surface area contributed by atoms with Crippen molar-refractivity contribution < 1.29 is 19.4 Å². The van der Waals surface area contributed by atoms with Crippen molar-refractivity contribution >= 4 is 12.0 Å². The Bertz CT molecular complexity index is 521. The van der Waals surface area contributed by atoms with Gasteiger partial charge in [-0.3, -0.25) is 4.79 Å². The van der Waals surface area contributed by atoms with Crippen LogP contribution in [0.15, 0.2) is 18.3 Å². The number of ether oxygens (including phenoxy) is 1. The van der Waals surface area contributed by atoms with E-state index in [2.05, 4.69) is 10.3 Å². The van der Waals surface area contributed by atoms with Crippen LogP contribution in [0.2, 0.25) is 0 Å². The van der Waals surface area contributed by atoms with Crippen molar-refractivity contribution in [1.29, 1.82) is 0 Å². The Kier molecular flexibility index (Phi) is 4.97. The minimum absolute atomic E-state index is 0.239. The fourth-order valence-electron chi connectivity index (χ4n) is 2.32. The Morgan fingerprint density at radius 1 is 1.57 bits per heavy atom. The van der Waals surface area contributed by atoms with Gasteiger partial charge in [-0.15, -0.1) is 0 Å². The van der Waals surface area contributed by atoms with Crippen molar-refractivity contribution in [2.75, 3.05) is 20.2 Å². The van der Waals surface area contributed by atoms with Crippen LogP contribution in [0.3, 0.4) is 0 Å². The average Bonchev–Trinajstić information content (AvgIpc) is 2.53. The molecule has 0 saturated carbocycles. The van der Waals surface area contributed by atoms with E-state index in [-0.39, 0.29) is 12.6 Å². The molecule has 0 unspecified atom stereocenters. The molecule has 21 heavy (non-hydrogen) atoms. The molecule has 0 aliphatic carbocycles. The molecular weight excluding hydrogens is 274 g/mol. The van der Waals surface area contributed by atoms with Gasteiger partial charge in [0.15, 0.2) is 0 Å². The second kappa shape index (κ2) is 6.92. The van der Waals surface area contributed by atoms with Gasteiger partial charge in [0, 0.05) is 31.9 Å². The van der Waals surface area contributed by atoms with Crippen molar-refractivity contribution in [2.45, 2.75) is 19.4 Å². The first-order valence-electron chi connectivity index (χ1n) is 6.84. The number of methoxy groups -OCH3 is 1. The number of carboxylic acid groups (broad SMARTS) is 1. The lowest BCUT2D eigenvalue weighted by Crippen LogP contribution is -2.46. The lowest BCUT2D eigenvalue weighted by Gasteiger charge is -2.30. The van der Waals surface area contributed by atoms with Gasteiger partial charge in [0.1, 0.15) is 0 Å². The summed E-state index contributed by atoms with van der Waals surface area (Å²) < 4.78 is 5.02. The monoisotopic (exact) mass is 293 g/mol. The van der Waals surface area contributed by atoms with Crippen molar-refractivity contribution in [3.63, 3.8) is 0 Å². The number of aromatic nitrogens is 1. The molecule has 0 bridgehead atoms. The van der Waals surface area contributed by atoms with Gasteiger partial charge in [-0.25, -0.2) is 9.78 Å². The number of carbonyl (C=O) groups excluding carboxylic acids is 1. The highest BCUT2D eigenvalue weighted by atomic mass is 16.5. The molecule has 7 nitrogen and oxygen atoms in total. The van der Waals surface area contributed by atoms with Crippen LogP contribution in [-0.2, 0) is 11.3 Å². The second-order valence-corrected chi connectivity index (χ2v) is 4.99. The summed E-state index contributed by atoms with van der Waals surface area (Å²) in [5.41, 5.74) is 0.877. The predicted molar refractivity (Wildman–Crippen MR) is 75.0 cm³/mol. The third-order valence-electron chi connectivity index (χ3n) is 3.51. The topological polar surface area (TPSA) is 91.8 Å². The van der Waals surface area contributed by atoms with E-state index < -0.39 is 11.9 Å². The van der Waals surface area contributed by atoms with E-state index in [0.29, 0.717) is 31.8 Å². The van der Waals surface area contributed by atoms with Crippen LogP contribution >= 0.6 is 0 Å². The van der Waals surface area contributed by atoms with Crippen LogP contribution in [0.5, 0.6) is 5.88 Å². The van der Waals surface area contributed by atoms with Crippen LogP contribution in [0.25, 0.3) is 0 Å². The van der Waals surface area contributed by atoms with Gasteiger partial charge in [-0.1, -0.05) is 0 Å². The standard InChI is InChI=1S/C14H19N3O4/c1-21-12-7-10(4-5-15-12)8-16-14(20)17-6-2-3-11(9-17)13(18)19/h4-5,7,11H,2-3,6,8-9H2,1H3,(H,16,20)(H,18,19)/t11-/m1/s1. The van der Waals surface area contributed by atoms with Crippen molar-refractivity contribution in [3.05, 3.63) is 23.9 Å². The SMILES string of the molecule is COc1cc(CNC(=O)N2CCC[C@@H](C(=O)O)C2)ccn1. The molecule has 1 saturated heterocycles. The molecule has 0 radical (unpaired) electrons. The number of carbonyl (C=O) groups is 2. The van der Waals surface area contributed by atoms with E-state index in [1.807, 2.05) is 0 Å². The van der Waals surface area contributed by atoms with Crippen LogP contribution in [0.1, 0.15) is 18.4 Å². The molecule has 2 heterocycles. The van der Waals surface area contributed by atoms with Gasteiger partial charge >= 0.3 is 12.0 Å². The largest absolute Gasteiger partial charge is 0.481 e. The Morgan fingerprint density at radius 2 is 2.38 bits per heavy atom. The zero-order valence-electron chi connectivity index (χ0n) is 11.9. The number of pyridine rings is 1. The Morgan fingerprint density at radius 3 is 3.10 bits per heavy atom. The summed E-state index contributed by atoms with van der Waals surface area (Å²) in [5.74, 6) is -0.817. The number of carboxylic acids is 1. The molecule has 1 aromatic rings. The molecule has 114 valence electrons. The Hall–Kier alpha value is -2.31. The van der Waals surface area contributed by atoms with Crippen molar-refractivity contribution in [1.82, 2.24) is 15.2 Å². The highest BCUT2D eigenvalue weighted by Gasteiger charge is 2.27.